The Morgan fingerprint density at radius 1 is 1.03 bits per heavy atom. The predicted octanol–water partition coefficient (Wildman–Crippen LogP) is 4.73. The smallest absolute Gasteiger partial charge is 0.272 e. The standard InChI is InChI=1S/C26H27FN4O2/c1-16(17-8-12-20(13-9-17)29-25(32)18-6-7-18)28-26(33)24-22-4-2-3-5-23(22)31(30-24)21-14-10-19(27)11-15-21/h8-16,18H,2-7H2,1H3,(H,28,33)(H,29,32). The van der Waals surface area contributed by atoms with Crippen LogP contribution in [0.1, 0.15) is 66.0 Å². The van der Waals surface area contributed by atoms with Crippen molar-refractivity contribution in [3.63, 3.8) is 0 Å². The van der Waals surface area contributed by atoms with Gasteiger partial charge in [-0.25, -0.2) is 9.07 Å². The van der Waals surface area contributed by atoms with Crippen LogP contribution in [0.4, 0.5) is 10.1 Å². The number of fused-ring (bicyclic) bond motifs is 1. The molecule has 1 fully saturated rings. The van der Waals surface area contributed by atoms with Gasteiger partial charge in [0.15, 0.2) is 5.69 Å². The molecule has 1 heterocycles. The molecule has 2 N–H and O–H groups in total. The maximum Gasteiger partial charge on any atom is 0.272 e. The van der Waals surface area contributed by atoms with E-state index in [1.165, 1.54) is 12.1 Å². The third-order valence-electron chi connectivity index (χ3n) is 6.44. The lowest BCUT2D eigenvalue weighted by molar-refractivity contribution is -0.117. The van der Waals surface area contributed by atoms with Crippen molar-refractivity contribution in [2.24, 2.45) is 5.92 Å². The number of carbonyl (C=O) groups excluding carboxylic acids is 2. The number of amides is 2. The van der Waals surface area contributed by atoms with E-state index in [4.69, 9.17) is 0 Å². The highest BCUT2D eigenvalue weighted by molar-refractivity contribution is 5.95. The molecule has 7 heteroatoms. The number of carbonyl (C=O) groups is 2. The number of benzene rings is 2. The number of halogens is 1. The average Bonchev–Trinajstić information content (AvgIpc) is 3.61. The number of hydrogen-bond donors (Lipinski definition) is 2. The van der Waals surface area contributed by atoms with Crippen molar-refractivity contribution < 1.29 is 14.0 Å². The van der Waals surface area contributed by atoms with E-state index in [0.717, 1.165) is 66.7 Å². The second kappa shape index (κ2) is 8.81. The van der Waals surface area contributed by atoms with E-state index in [1.54, 1.807) is 16.8 Å². The predicted molar refractivity (Wildman–Crippen MR) is 124 cm³/mol. The summed E-state index contributed by atoms with van der Waals surface area (Å²) in [5.41, 5.74) is 4.91. The molecule has 0 spiro atoms. The average molecular weight is 447 g/mol. The van der Waals surface area contributed by atoms with Gasteiger partial charge in [-0.1, -0.05) is 12.1 Å². The lowest BCUT2D eigenvalue weighted by Gasteiger charge is -2.16. The van der Waals surface area contributed by atoms with E-state index in [1.807, 2.05) is 31.2 Å². The van der Waals surface area contributed by atoms with Crippen LogP contribution < -0.4 is 10.6 Å². The summed E-state index contributed by atoms with van der Waals surface area (Å²) in [6, 6.07) is 13.5. The monoisotopic (exact) mass is 446 g/mol. The Hall–Kier alpha value is -3.48. The van der Waals surface area contributed by atoms with Crippen molar-refractivity contribution in [1.82, 2.24) is 15.1 Å². The Labute approximate surface area is 192 Å². The molecule has 1 atom stereocenters. The summed E-state index contributed by atoms with van der Waals surface area (Å²) < 4.78 is 15.2. The SMILES string of the molecule is CC(NC(=O)c1nn(-c2ccc(F)cc2)c2c1CCCC2)c1ccc(NC(=O)C2CC2)cc1. The van der Waals surface area contributed by atoms with Crippen molar-refractivity contribution >= 4 is 17.5 Å². The van der Waals surface area contributed by atoms with Gasteiger partial charge >= 0.3 is 0 Å². The fraction of sp³-hybridized carbons (Fsp3) is 0.346. The molecule has 2 aromatic carbocycles. The minimum Gasteiger partial charge on any atom is -0.344 e. The maximum absolute atomic E-state index is 13.4. The quantitative estimate of drug-likeness (QED) is 0.575. The van der Waals surface area contributed by atoms with E-state index in [2.05, 4.69) is 15.7 Å². The van der Waals surface area contributed by atoms with Gasteiger partial charge in [0.1, 0.15) is 5.82 Å². The number of nitrogens with one attached hydrogen (secondary N) is 2. The third kappa shape index (κ3) is 4.53. The molecule has 6 nitrogen and oxygen atoms in total. The highest BCUT2D eigenvalue weighted by Crippen LogP contribution is 2.30. The van der Waals surface area contributed by atoms with E-state index in [-0.39, 0.29) is 29.6 Å². The van der Waals surface area contributed by atoms with Crippen LogP contribution >= 0.6 is 0 Å². The second-order valence-corrected chi connectivity index (χ2v) is 8.95. The lowest BCUT2D eigenvalue weighted by atomic mass is 9.95. The number of nitrogens with zero attached hydrogens (tertiary/aromatic N) is 2. The molecule has 0 radical (unpaired) electrons. The van der Waals surface area contributed by atoms with Gasteiger partial charge in [0.2, 0.25) is 5.91 Å². The molecule has 2 aliphatic rings. The molecule has 0 saturated heterocycles. The number of anilines is 1. The Bertz CT molecular complexity index is 1180. The summed E-state index contributed by atoms with van der Waals surface area (Å²) in [6.07, 6.45) is 5.65. The first-order valence-corrected chi connectivity index (χ1v) is 11.6. The first-order chi connectivity index (χ1) is 16.0. The maximum atomic E-state index is 13.4. The lowest BCUT2D eigenvalue weighted by Crippen LogP contribution is -2.28. The number of aromatic nitrogens is 2. The fourth-order valence-electron chi connectivity index (χ4n) is 4.37. The fourth-order valence-corrected chi connectivity index (χ4v) is 4.37. The zero-order chi connectivity index (χ0) is 22.9. The topological polar surface area (TPSA) is 76.0 Å². The molecule has 2 aliphatic carbocycles. The zero-order valence-corrected chi connectivity index (χ0v) is 18.6. The van der Waals surface area contributed by atoms with Crippen LogP contribution in [0.25, 0.3) is 5.69 Å². The van der Waals surface area contributed by atoms with E-state index in [9.17, 15) is 14.0 Å². The molecule has 5 rings (SSSR count). The molecule has 3 aromatic rings. The summed E-state index contributed by atoms with van der Waals surface area (Å²) >= 11 is 0. The summed E-state index contributed by atoms with van der Waals surface area (Å²) in [5.74, 6) is -0.286. The van der Waals surface area contributed by atoms with Crippen LogP contribution in [0.5, 0.6) is 0 Å². The zero-order valence-electron chi connectivity index (χ0n) is 18.6. The van der Waals surface area contributed by atoms with E-state index >= 15 is 0 Å². The van der Waals surface area contributed by atoms with Crippen molar-refractivity contribution in [2.45, 2.75) is 51.5 Å². The van der Waals surface area contributed by atoms with Crippen LogP contribution in [0.3, 0.4) is 0 Å². The minimum atomic E-state index is -0.301. The molecule has 1 saturated carbocycles. The van der Waals surface area contributed by atoms with Crippen LogP contribution in [-0.2, 0) is 17.6 Å². The normalized spacial score (nSPS) is 16.1. The van der Waals surface area contributed by atoms with Crippen LogP contribution in [0.15, 0.2) is 48.5 Å². The first-order valence-electron chi connectivity index (χ1n) is 11.6. The summed E-state index contributed by atoms with van der Waals surface area (Å²) in [5, 5.41) is 10.6. The van der Waals surface area contributed by atoms with Crippen LogP contribution in [0, 0.1) is 11.7 Å². The molecule has 33 heavy (non-hydrogen) atoms. The molecule has 0 aliphatic heterocycles. The van der Waals surface area contributed by atoms with Crippen molar-refractivity contribution in [3.8, 4) is 5.69 Å². The largest absolute Gasteiger partial charge is 0.344 e. The van der Waals surface area contributed by atoms with Gasteiger partial charge in [-0.2, -0.15) is 5.10 Å². The highest BCUT2D eigenvalue weighted by atomic mass is 19.1. The van der Waals surface area contributed by atoms with Crippen molar-refractivity contribution in [3.05, 3.63) is 76.9 Å². The molecule has 1 unspecified atom stereocenters. The Balaban J connectivity index is 1.33. The Morgan fingerprint density at radius 2 is 1.73 bits per heavy atom. The van der Waals surface area contributed by atoms with E-state index < -0.39 is 0 Å². The summed E-state index contributed by atoms with van der Waals surface area (Å²) in [6.45, 7) is 1.93. The number of rotatable bonds is 6. The van der Waals surface area contributed by atoms with Gasteiger partial charge in [0.05, 0.1) is 11.7 Å². The highest BCUT2D eigenvalue weighted by Gasteiger charge is 2.29. The summed E-state index contributed by atoms with van der Waals surface area (Å²) in [7, 11) is 0. The van der Waals surface area contributed by atoms with Gasteiger partial charge in [-0.05, 0) is 87.4 Å². The first kappa shape index (κ1) is 21.4. The molecule has 1 aromatic heterocycles. The Kier molecular flexibility index (Phi) is 5.70. The van der Waals surface area contributed by atoms with Gasteiger partial charge in [-0.15, -0.1) is 0 Å². The number of hydrogen-bond acceptors (Lipinski definition) is 3. The van der Waals surface area contributed by atoms with Crippen LogP contribution in [0.2, 0.25) is 0 Å². The molecular weight excluding hydrogens is 419 g/mol. The Morgan fingerprint density at radius 3 is 2.42 bits per heavy atom. The van der Waals surface area contributed by atoms with Crippen molar-refractivity contribution in [1.29, 1.82) is 0 Å². The second-order valence-electron chi connectivity index (χ2n) is 8.95. The van der Waals surface area contributed by atoms with Crippen LogP contribution in [-0.4, -0.2) is 21.6 Å². The molecular formula is C26H27FN4O2. The van der Waals surface area contributed by atoms with Crippen molar-refractivity contribution in [2.75, 3.05) is 5.32 Å². The molecule has 170 valence electrons. The molecule has 2 amide bonds. The van der Waals surface area contributed by atoms with Gasteiger partial charge in [0.25, 0.3) is 5.91 Å². The van der Waals surface area contributed by atoms with Gasteiger partial charge < -0.3 is 10.6 Å². The van der Waals surface area contributed by atoms with Gasteiger partial charge in [-0.3, -0.25) is 9.59 Å². The molecule has 0 bridgehead atoms. The summed E-state index contributed by atoms with van der Waals surface area (Å²) in [4.78, 5) is 25.1. The third-order valence-corrected chi connectivity index (χ3v) is 6.44. The van der Waals surface area contributed by atoms with Gasteiger partial charge in [0, 0.05) is 22.9 Å². The van der Waals surface area contributed by atoms with E-state index in [0.29, 0.717) is 5.69 Å². The minimum absolute atomic E-state index is 0.0746.